The van der Waals surface area contributed by atoms with Gasteiger partial charge < -0.3 is 20.3 Å². The van der Waals surface area contributed by atoms with Crippen molar-refractivity contribution in [3.05, 3.63) is 35.9 Å². The molecule has 1 saturated heterocycles. The summed E-state index contributed by atoms with van der Waals surface area (Å²) < 4.78 is 11.1. The summed E-state index contributed by atoms with van der Waals surface area (Å²) in [4.78, 5) is 6.58. The van der Waals surface area contributed by atoms with E-state index in [-0.39, 0.29) is 6.10 Å². The summed E-state index contributed by atoms with van der Waals surface area (Å²) in [6.07, 6.45) is 0.568. The van der Waals surface area contributed by atoms with E-state index in [9.17, 15) is 5.11 Å². The van der Waals surface area contributed by atoms with Gasteiger partial charge in [0.2, 0.25) is 0 Å². The molecule has 0 amide bonds. The predicted octanol–water partition coefficient (Wildman–Crippen LogP) is 1.91. The van der Waals surface area contributed by atoms with Crippen molar-refractivity contribution >= 4 is 5.82 Å². The van der Waals surface area contributed by atoms with Crippen molar-refractivity contribution in [1.29, 1.82) is 0 Å². The molecule has 1 fully saturated rings. The standard InChI is InChI=1S/C18H23N3O3/c1-23-16-9-14(15-4-3-5-18(19)20-15)17(24-2)8-12(16)10-21-7-6-13(22)11-21/h3-5,8-9,13,22H,6-7,10-11H2,1-2H3,(H2,19,20). The summed E-state index contributed by atoms with van der Waals surface area (Å²) in [5.41, 5.74) is 8.40. The Bertz CT molecular complexity index is 721. The van der Waals surface area contributed by atoms with Gasteiger partial charge in [-0.25, -0.2) is 4.98 Å². The number of β-amino-alcohol motifs (C(OH)–C–C–N with tert-alkyl or cyclic N) is 1. The molecule has 1 atom stereocenters. The van der Waals surface area contributed by atoms with Gasteiger partial charge >= 0.3 is 0 Å². The number of rotatable bonds is 5. The van der Waals surface area contributed by atoms with Crippen LogP contribution < -0.4 is 15.2 Å². The second-order valence-corrected chi connectivity index (χ2v) is 5.99. The zero-order valence-electron chi connectivity index (χ0n) is 14.0. The lowest BCUT2D eigenvalue weighted by molar-refractivity contribution is 0.174. The Morgan fingerprint density at radius 2 is 2.04 bits per heavy atom. The number of aliphatic hydroxyl groups is 1. The summed E-state index contributed by atoms with van der Waals surface area (Å²) in [6.45, 7) is 2.27. The molecule has 3 rings (SSSR count). The molecular formula is C18H23N3O3. The number of ether oxygens (including phenoxy) is 2. The number of methoxy groups -OCH3 is 2. The molecule has 0 radical (unpaired) electrons. The van der Waals surface area contributed by atoms with Gasteiger partial charge in [-0.05, 0) is 30.7 Å². The topological polar surface area (TPSA) is 80.8 Å². The van der Waals surface area contributed by atoms with Gasteiger partial charge in [0.1, 0.15) is 17.3 Å². The van der Waals surface area contributed by atoms with E-state index in [1.165, 1.54) is 0 Å². The Hall–Kier alpha value is -2.31. The molecule has 1 unspecified atom stereocenters. The number of anilines is 1. The molecule has 1 aromatic carbocycles. The second-order valence-electron chi connectivity index (χ2n) is 5.99. The van der Waals surface area contributed by atoms with Gasteiger partial charge in [0.25, 0.3) is 0 Å². The molecule has 1 aliphatic heterocycles. The number of pyridine rings is 1. The Morgan fingerprint density at radius 3 is 2.67 bits per heavy atom. The van der Waals surface area contributed by atoms with Gasteiger partial charge in [0, 0.05) is 30.8 Å². The van der Waals surface area contributed by atoms with Crippen LogP contribution in [0.15, 0.2) is 30.3 Å². The van der Waals surface area contributed by atoms with Gasteiger partial charge in [-0.15, -0.1) is 0 Å². The van der Waals surface area contributed by atoms with Crippen LogP contribution in [-0.4, -0.2) is 48.4 Å². The number of hydrogen-bond acceptors (Lipinski definition) is 6. The van der Waals surface area contributed by atoms with Crippen LogP contribution in [-0.2, 0) is 6.54 Å². The van der Waals surface area contributed by atoms with Crippen LogP contribution in [0.4, 0.5) is 5.82 Å². The quantitative estimate of drug-likeness (QED) is 0.872. The summed E-state index contributed by atoms with van der Waals surface area (Å²) in [5.74, 6) is 1.96. The molecule has 0 spiro atoms. The normalized spacial score (nSPS) is 17.9. The van der Waals surface area contributed by atoms with Crippen LogP contribution >= 0.6 is 0 Å². The fourth-order valence-corrected chi connectivity index (χ4v) is 3.08. The molecule has 128 valence electrons. The third-order valence-electron chi connectivity index (χ3n) is 4.29. The molecule has 6 heteroatoms. The maximum atomic E-state index is 9.71. The van der Waals surface area contributed by atoms with E-state index in [2.05, 4.69) is 9.88 Å². The van der Waals surface area contributed by atoms with Crippen LogP contribution in [0.5, 0.6) is 11.5 Å². The summed E-state index contributed by atoms with van der Waals surface area (Å²) in [6, 6.07) is 9.42. The van der Waals surface area contributed by atoms with Crippen molar-refractivity contribution in [2.24, 2.45) is 0 Å². The smallest absolute Gasteiger partial charge is 0.128 e. The molecule has 3 N–H and O–H groups in total. The number of nitrogen functional groups attached to an aromatic ring is 1. The first kappa shape index (κ1) is 16.5. The fourth-order valence-electron chi connectivity index (χ4n) is 3.08. The van der Waals surface area contributed by atoms with Gasteiger partial charge in [-0.3, -0.25) is 4.90 Å². The SMILES string of the molecule is COc1cc(-c2cccc(N)n2)c(OC)cc1CN1CCC(O)C1. The first-order valence-corrected chi connectivity index (χ1v) is 7.99. The molecule has 2 aromatic rings. The molecule has 0 bridgehead atoms. The number of aliphatic hydroxyl groups excluding tert-OH is 1. The highest BCUT2D eigenvalue weighted by molar-refractivity contribution is 5.71. The van der Waals surface area contributed by atoms with Crippen LogP contribution in [0, 0.1) is 0 Å². The minimum absolute atomic E-state index is 0.242. The Kier molecular flexibility index (Phi) is 4.87. The number of aromatic nitrogens is 1. The van der Waals surface area contributed by atoms with E-state index in [0.29, 0.717) is 18.9 Å². The maximum Gasteiger partial charge on any atom is 0.128 e. The van der Waals surface area contributed by atoms with Crippen LogP contribution in [0.1, 0.15) is 12.0 Å². The largest absolute Gasteiger partial charge is 0.496 e. The molecular weight excluding hydrogens is 306 g/mol. The molecule has 1 aliphatic rings. The van der Waals surface area contributed by atoms with E-state index in [1.54, 1.807) is 20.3 Å². The maximum absolute atomic E-state index is 9.71. The summed E-state index contributed by atoms with van der Waals surface area (Å²) >= 11 is 0. The van der Waals surface area contributed by atoms with Gasteiger partial charge in [0.05, 0.1) is 26.0 Å². The highest BCUT2D eigenvalue weighted by atomic mass is 16.5. The summed E-state index contributed by atoms with van der Waals surface area (Å²) in [7, 11) is 3.29. The Balaban J connectivity index is 1.97. The fraction of sp³-hybridized carbons (Fsp3) is 0.389. The molecule has 24 heavy (non-hydrogen) atoms. The zero-order chi connectivity index (χ0) is 17.1. The van der Waals surface area contributed by atoms with E-state index in [4.69, 9.17) is 15.2 Å². The average molecular weight is 329 g/mol. The summed E-state index contributed by atoms with van der Waals surface area (Å²) in [5, 5.41) is 9.71. The minimum atomic E-state index is -0.242. The number of benzene rings is 1. The molecule has 0 aliphatic carbocycles. The molecule has 1 aromatic heterocycles. The lowest BCUT2D eigenvalue weighted by Crippen LogP contribution is -2.21. The van der Waals surface area contributed by atoms with E-state index in [0.717, 1.165) is 41.3 Å². The van der Waals surface area contributed by atoms with Gasteiger partial charge in [-0.2, -0.15) is 0 Å². The number of hydrogen-bond donors (Lipinski definition) is 2. The molecule has 6 nitrogen and oxygen atoms in total. The Labute approximate surface area is 141 Å². The zero-order valence-corrected chi connectivity index (χ0v) is 14.0. The van der Waals surface area contributed by atoms with Gasteiger partial charge in [0.15, 0.2) is 0 Å². The lowest BCUT2D eigenvalue weighted by Gasteiger charge is -2.19. The van der Waals surface area contributed by atoms with Gasteiger partial charge in [-0.1, -0.05) is 6.07 Å². The third kappa shape index (κ3) is 3.44. The van der Waals surface area contributed by atoms with Crippen LogP contribution in [0.3, 0.4) is 0 Å². The van der Waals surface area contributed by atoms with Crippen molar-refractivity contribution < 1.29 is 14.6 Å². The number of nitrogens with zero attached hydrogens (tertiary/aromatic N) is 2. The average Bonchev–Trinajstić information content (AvgIpc) is 2.99. The minimum Gasteiger partial charge on any atom is -0.496 e. The van der Waals surface area contributed by atoms with Crippen molar-refractivity contribution in [1.82, 2.24) is 9.88 Å². The Morgan fingerprint density at radius 1 is 1.25 bits per heavy atom. The van der Waals surface area contributed by atoms with Crippen LogP contribution in [0.25, 0.3) is 11.3 Å². The first-order chi connectivity index (χ1) is 11.6. The van der Waals surface area contributed by atoms with E-state index < -0.39 is 0 Å². The highest BCUT2D eigenvalue weighted by Crippen LogP contribution is 2.36. The monoisotopic (exact) mass is 329 g/mol. The highest BCUT2D eigenvalue weighted by Gasteiger charge is 2.22. The molecule has 0 saturated carbocycles. The third-order valence-corrected chi connectivity index (χ3v) is 4.29. The van der Waals surface area contributed by atoms with Crippen molar-refractivity contribution in [2.45, 2.75) is 19.1 Å². The number of nitrogens with two attached hydrogens (primary N) is 1. The molecule has 2 heterocycles. The second kappa shape index (κ2) is 7.07. The first-order valence-electron chi connectivity index (χ1n) is 7.99. The lowest BCUT2D eigenvalue weighted by atomic mass is 10.0. The van der Waals surface area contributed by atoms with E-state index in [1.807, 2.05) is 24.3 Å². The van der Waals surface area contributed by atoms with Crippen LogP contribution in [0.2, 0.25) is 0 Å². The van der Waals surface area contributed by atoms with E-state index >= 15 is 0 Å². The van der Waals surface area contributed by atoms with Crippen molar-refractivity contribution in [3.8, 4) is 22.8 Å². The van der Waals surface area contributed by atoms with Crippen molar-refractivity contribution in [2.75, 3.05) is 33.0 Å². The van der Waals surface area contributed by atoms with Crippen molar-refractivity contribution in [3.63, 3.8) is 0 Å². The predicted molar refractivity (Wildman–Crippen MR) is 93.1 cm³/mol. The number of likely N-dealkylation sites (tertiary alicyclic amines) is 1.